The molecule has 1 aliphatic rings. The minimum Gasteiger partial charge on any atom is -0.207 e. The molecule has 0 heterocycles. The maximum Gasteiger partial charge on any atom is 0.130 e. The van der Waals surface area contributed by atoms with Crippen LogP contribution in [0.4, 0.5) is 8.78 Å². The van der Waals surface area contributed by atoms with E-state index in [9.17, 15) is 8.78 Å². The van der Waals surface area contributed by atoms with Crippen LogP contribution in [-0.2, 0) is 6.42 Å². The second-order valence-corrected chi connectivity index (χ2v) is 6.71. The molecule has 2 aromatic rings. The van der Waals surface area contributed by atoms with Gasteiger partial charge in [0.15, 0.2) is 0 Å². The average Bonchev–Trinajstić information content (AvgIpc) is 2.49. The number of benzene rings is 2. The summed E-state index contributed by atoms with van der Waals surface area (Å²) in [6.07, 6.45) is 3.20. The van der Waals surface area contributed by atoms with Gasteiger partial charge in [0.2, 0.25) is 0 Å². The fourth-order valence-corrected chi connectivity index (χ4v) is 4.10. The maximum atomic E-state index is 14.1. The van der Waals surface area contributed by atoms with Crippen molar-refractivity contribution in [2.45, 2.75) is 36.9 Å². The molecule has 3 rings (SSSR count). The van der Waals surface area contributed by atoms with E-state index in [0.29, 0.717) is 11.1 Å². The molecular weight excluding hydrogens is 334 g/mol. The Balaban J connectivity index is 2.00. The van der Waals surface area contributed by atoms with Gasteiger partial charge in [0.25, 0.3) is 0 Å². The SMILES string of the molecule is Cc1cc(C(Br)C2CCCc3ccccc32)c(F)cc1F. The molecule has 0 nitrogen and oxygen atoms in total. The summed E-state index contributed by atoms with van der Waals surface area (Å²) in [5, 5.41) is 0. The summed E-state index contributed by atoms with van der Waals surface area (Å²) in [5.41, 5.74) is 3.67. The number of hydrogen-bond acceptors (Lipinski definition) is 0. The van der Waals surface area contributed by atoms with Gasteiger partial charge in [0, 0.05) is 22.4 Å². The summed E-state index contributed by atoms with van der Waals surface area (Å²) in [6.45, 7) is 1.67. The van der Waals surface area contributed by atoms with Crippen molar-refractivity contribution >= 4 is 15.9 Å². The average molecular weight is 351 g/mol. The molecule has 2 unspecified atom stereocenters. The lowest BCUT2D eigenvalue weighted by Gasteiger charge is -2.30. The van der Waals surface area contributed by atoms with Gasteiger partial charge < -0.3 is 0 Å². The summed E-state index contributed by atoms with van der Waals surface area (Å²) in [7, 11) is 0. The highest BCUT2D eigenvalue weighted by Crippen LogP contribution is 2.45. The molecule has 110 valence electrons. The first-order chi connectivity index (χ1) is 10.1. The third-order valence-corrected chi connectivity index (χ3v) is 5.48. The van der Waals surface area contributed by atoms with Gasteiger partial charge >= 0.3 is 0 Å². The van der Waals surface area contributed by atoms with Crippen molar-refractivity contribution in [2.24, 2.45) is 0 Å². The van der Waals surface area contributed by atoms with E-state index < -0.39 is 11.6 Å². The first kappa shape index (κ1) is 14.7. The summed E-state index contributed by atoms with van der Waals surface area (Å²) in [6, 6.07) is 11.0. The summed E-state index contributed by atoms with van der Waals surface area (Å²) in [4.78, 5) is -0.127. The largest absolute Gasteiger partial charge is 0.207 e. The number of halogens is 3. The van der Waals surface area contributed by atoms with Gasteiger partial charge in [0.05, 0.1) is 0 Å². The van der Waals surface area contributed by atoms with Gasteiger partial charge in [-0.15, -0.1) is 0 Å². The Morgan fingerprint density at radius 2 is 1.90 bits per heavy atom. The van der Waals surface area contributed by atoms with Crippen LogP contribution in [0.25, 0.3) is 0 Å². The predicted molar refractivity (Wildman–Crippen MR) is 84.9 cm³/mol. The second kappa shape index (κ2) is 5.88. The van der Waals surface area contributed by atoms with Crippen molar-refractivity contribution in [3.05, 3.63) is 70.3 Å². The minimum atomic E-state index is -0.486. The van der Waals surface area contributed by atoms with E-state index in [1.165, 1.54) is 11.1 Å². The van der Waals surface area contributed by atoms with E-state index in [1.54, 1.807) is 13.0 Å². The van der Waals surface area contributed by atoms with Crippen molar-refractivity contribution in [1.29, 1.82) is 0 Å². The molecule has 21 heavy (non-hydrogen) atoms. The molecule has 2 aromatic carbocycles. The number of fused-ring (bicyclic) bond motifs is 1. The third-order valence-electron chi connectivity index (χ3n) is 4.34. The Morgan fingerprint density at radius 3 is 2.71 bits per heavy atom. The van der Waals surface area contributed by atoms with Crippen LogP contribution < -0.4 is 0 Å². The van der Waals surface area contributed by atoms with Crippen LogP contribution in [0, 0.1) is 18.6 Å². The van der Waals surface area contributed by atoms with Gasteiger partial charge in [0.1, 0.15) is 11.6 Å². The fraction of sp³-hybridized carbons (Fsp3) is 0.333. The Hall–Kier alpha value is -1.22. The highest BCUT2D eigenvalue weighted by atomic mass is 79.9. The van der Waals surface area contributed by atoms with Crippen LogP contribution in [-0.4, -0.2) is 0 Å². The lowest BCUT2D eigenvalue weighted by atomic mass is 9.79. The van der Waals surface area contributed by atoms with E-state index in [1.807, 2.05) is 12.1 Å². The summed E-state index contributed by atoms with van der Waals surface area (Å²) < 4.78 is 27.6. The topological polar surface area (TPSA) is 0 Å². The van der Waals surface area contributed by atoms with Gasteiger partial charge in [-0.1, -0.05) is 40.2 Å². The first-order valence-electron chi connectivity index (χ1n) is 7.25. The smallest absolute Gasteiger partial charge is 0.130 e. The number of aryl methyl sites for hydroxylation is 2. The molecule has 0 radical (unpaired) electrons. The van der Waals surface area contributed by atoms with E-state index in [0.717, 1.165) is 25.3 Å². The Labute approximate surface area is 132 Å². The predicted octanol–water partition coefficient (Wildman–Crippen LogP) is 5.83. The van der Waals surface area contributed by atoms with Crippen LogP contribution in [0.15, 0.2) is 36.4 Å². The van der Waals surface area contributed by atoms with Crippen LogP contribution in [0.2, 0.25) is 0 Å². The number of alkyl halides is 1. The lowest BCUT2D eigenvalue weighted by molar-refractivity contribution is 0.520. The molecule has 0 aliphatic heterocycles. The molecular formula is C18H17BrF2. The number of hydrogen-bond donors (Lipinski definition) is 0. The highest BCUT2D eigenvalue weighted by Gasteiger charge is 2.29. The molecule has 2 atom stereocenters. The van der Waals surface area contributed by atoms with Crippen molar-refractivity contribution in [1.82, 2.24) is 0 Å². The van der Waals surface area contributed by atoms with Crippen LogP contribution in [0.3, 0.4) is 0 Å². The lowest BCUT2D eigenvalue weighted by Crippen LogP contribution is -2.15. The maximum absolute atomic E-state index is 14.1. The van der Waals surface area contributed by atoms with Crippen molar-refractivity contribution in [3.63, 3.8) is 0 Å². The van der Waals surface area contributed by atoms with Gasteiger partial charge in [-0.2, -0.15) is 0 Å². The quantitative estimate of drug-likeness (QED) is 0.597. The van der Waals surface area contributed by atoms with Gasteiger partial charge in [-0.25, -0.2) is 8.78 Å². The highest BCUT2D eigenvalue weighted by molar-refractivity contribution is 9.09. The van der Waals surface area contributed by atoms with E-state index >= 15 is 0 Å². The Bertz CT molecular complexity index is 666. The van der Waals surface area contributed by atoms with Gasteiger partial charge in [-0.05, 0) is 48.9 Å². The molecule has 0 saturated carbocycles. The molecule has 0 saturated heterocycles. The Kier molecular flexibility index (Phi) is 4.12. The zero-order valence-corrected chi connectivity index (χ0v) is 13.5. The summed E-state index contributed by atoms with van der Waals surface area (Å²) in [5.74, 6) is -0.725. The molecule has 0 spiro atoms. The molecule has 0 amide bonds. The standard InChI is InChI=1S/C18H17BrF2/c1-11-9-15(17(21)10-16(11)20)18(19)14-8-4-6-12-5-2-3-7-13(12)14/h2-3,5,7,9-10,14,18H,4,6,8H2,1H3. The zero-order valence-electron chi connectivity index (χ0n) is 11.9. The molecule has 0 N–H and O–H groups in total. The monoisotopic (exact) mass is 350 g/mol. The van der Waals surface area contributed by atoms with E-state index in [-0.39, 0.29) is 10.7 Å². The molecule has 0 bridgehead atoms. The molecule has 1 aliphatic carbocycles. The first-order valence-corrected chi connectivity index (χ1v) is 8.17. The zero-order chi connectivity index (χ0) is 15.0. The van der Waals surface area contributed by atoms with Crippen LogP contribution in [0.5, 0.6) is 0 Å². The fourth-order valence-electron chi connectivity index (χ4n) is 3.20. The van der Waals surface area contributed by atoms with E-state index in [2.05, 4.69) is 28.1 Å². The minimum absolute atomic E-state index is 0.127. The van der Waals surface area contributed by atoms with Crippen molar-refractivity contribution < 1.29 is 8.78 Å². The molecule has 3 heteroatoms. The van der Waals surface area contributed by atoms with Gasteiger partial charge in [-0.3, -0.25) is 0 Å². The summed E-state index contributed by atoms with van der Waals surface area (Å²) >= 11 is 3.66. The second-order valence-electron chi connectivity index (χ2n) is 5.72. The van der Waals surface area contributed by atoms with Crippen LogP contribution >= 0.6 is 15.9 Å². The normalized spacial score (nSPS) is 19.1. The molecule has 0 aromatic heterocycles. The van der Waals surface area contributed by atoms with Crippen molar-refractivity contribution in [2.75, 3.05) is 0 Å². The third kappa shape index (κ3) is 2.76. The number of rotatable bonds is 2. The van der Waals surface area contributed by atoms with Crippen molar-refractivity contribution in [3.8, 4) is 0 Å². The molecule has 0 fully saturated rings. The Morgan fingerprint density at radius 1 is 1.14 bits per heavy atom. The van der Waals surface area contributed by atoms with Crippen LogP contribution in [0.1, 0.15) is 45.8 Å². The van der Waals surface area contributed by atoms with E-state index in [4.69, 9.17) is 0 Å².